The van der Waals surface area contributed by atoms with Crippen LogP contribution in [0.25, 0.3) is 11.0 Å². The lowest BCUT2D eigenvalue weighted by Crippen LogP contribution is -2.34. The summed E-state index contributed by atoms with van der Waals surface area (Å²) in [7, 11) is 0. The van der Waals surface area contributed by atoms with Gasteiger partial charge in [-0.15, -0.1) is 0 Å². The average Bonchev–Trinajstić information content (AvgIpc) is 3.18. The minimum absolute atomic E-state index is 0.317. The Bertz CT molecular complexity index is 885. The number of hydrogen-bond acceptors (Lipinski definition) is 7. The molecule has 130 valence electrons. The number of aromatic nitrogens is 3. The van der Waals surface area contributed by atoms with Crippen LogP contribution in [-0.2, 0) is 4.74 Å². The minimum Gasteiger partial charge on any atom is -0.387 e. The molecule has 0 spiro atoms. The molecule has 1 saturated heterocycles. The third kappa shape index (κ3) is 2.56. The van der Waals surface area contributed by atoms with Crippen molar-refractivity contribution in [3.63, 3.8) is 0 Å². The number of aliphatic hydroxyl groups is 3. The van der Waals surface area contributed by atoms with Gasteiger partial charge in [-0.05, 0) is 11.6 Å². The van der Waals surface area contributed by atoms with Crippen LogP contribution >= 0.6 is 0 Å². The SMILES string of the molecule is Nc1ncnc2c1ccn2C1OC(C(O)c2ccccc2)C(O)C1O. The highest BCUT2D eigenvalue weighted by atomic mass is 16.6. The van der Waals surface area contributed by atoms with Gasteiger partial charge in [0.2, 0.25) is 0 Å². The van der Waals surface area contributed by atoms with Gasteiger partial charge in [0.1, 0.15) is 42.2 Å². The summed E-state index contributed by atoms with van der Waals surface area (Å²) < 4.78 is 7.39. The molecule has 4 rings (SSSR count). The summed E-state index contributed by atoms with van der Waals surface area (Å²) in [5.74, 6) is 0.317. The van der Waals surface area contributed by atoms with Crippen LogP contribution in [0.1, 0.15) is 17.9 Å². The Morgan fingerprint density at radius 3 is 2.60 bits per heavy atom. The molecule has 0 radical (unpaired) electrons. The van der Waals surface area contributed by atoms with E-state index >= 15 is 0 Å². The Morgan fingerprint density at radius 1 is 1.08 bits per heavy atom. The highest BCUT2D eigenvalue weighted by Crippen LogP contribution is 2.37. The predicted octanol–water partition coefficient (Wildman–Crippen LogP) is 0.366. The number of rotatable bonds is 3. The molecule has 0 saturated carbocycles. The Balaban J connectivity index is 1.67. The van der Waals surface area contributed by atoms with E-state index in [0.717, 1.165) is 0 Å². The molecule has 3 aromatic rings. The van der Waals surface area contributed by atoms with Gasteiger partial charge in [0.15, 0.2) is 6.23 Å². The summed E-state index contributed by atoms with van der Waals surface area (Å²) in [6.07, 6.45) is -2.44. The largest absolute Gasteiger partial charge is 0.387 e. The molecule has 1 aliphatic heterocycles. The Hall–Kier alpha value is -2.52. The first-order chi connectivity index (χ1) is 12.1. The lowest BCUT2D eigenvalue weighted by atomic mass is 9.99. The molecule has 8 nitrogen and oxygen atoms in total. The highest BCUT2D eigenvalue weighted by molar-refractivity contribution is 5.86. The molecule has 0 aliphatic carbocycles. The Kier molecular flexibility index (Phi) is 3.89. The summed E-state index contributed by atoms with van der Waals surface area (Å²) in [4.78, 5) is 8.10. The summed E-state index contributed by atoms with van der Waals surface area (Å²) in [6.45, 7) is 0. The van der Waals surface area contributed by atoms with Crippen molar-refractivity contribution in [2.45, 2.75) is 30.6 Å². The molecule has 5 N–H and O–H groups in total. The highest BCUT2D eigenvalue weighted by Gasteiger charge is 2.47. The van der Waals surface area contributed by atoms with Crippen molar-refractivity contribution in [2.24, 2.45) is 0 Å². The van der Waals surface area contributed by atoms with E-state index in [1.165, 1.54) is 6.33 Å². The number of fused-ring (bicyclic) bond motifs is 1. The first-order valence-corrected chi connectivity index (χ1v) is 7.89. The molecule has 3 heterocycles. The van der Waals surface area contributed by atoms with Crippen LogP contribution < -0.4 is 5.73 Å². The fraction of sp³-hybridized carbons (Fsp3) is 0.294. The van der Waals surface area contributed by atoms with E-state index in [-0.39, 0.29) is 0 Å². The molecular weight excluding hydrogens is 324 g/mol. The summed E-state index contributed by atoms with van der Waals surface area (Å²) in [5, 5.41) is 32.0. The molecular formula is C17H18N4O4. The molecule has 1 aromatic carbocycles. The van der Waals surface area contributed by atoms with Crippen LogP contribution in [0, 0.1) is 0 Å². The quantitative estimate of drug-likeness (QED) is 0.541. The van der Waals surface area contributed by atoms with E-state index in [2.05, 4.69) is 9.97 Å². The van der Waals surface area contributed by atoms with Crippen LogP contribution in [0.2, 0.25) is 0 Å². The van der Waals surface area contributed by atoms with Gasteiger partial charge in [0.25, 0.3) is 0 Å². The van der Waals surface area contributed by atoms with Crippen molar-refractivity contribution in [3.05, 3.63) is 54.5 Å². The lowest BCUT2D eigenvalue weighted by molar-refractivity contribution is -0.0848. The molecule has 0 bridgehead atoms. The zero-order valence-corrected chi connectivity index (χ0v) is 13.2. The molecule has 1 fully saturated rings. The van der Waals surface area contributed by atoms with Crippen LogP contribution in [0.3, 0.4) is 0 Å². The van der Waals surface area contributed by atoms with Crippen LogP contribution in [0.4, 0.5) is 5.82 Å². The fourth-order valence-corrected chi connectivity index (χ4v) is 3.21. The van der Waals surface area contributed by atoms with E-state index in [4.69, 9.17) is 10.5 Å². The monoisotopic (exact) mass is 342 g/mol. The van der Waals surface area contributed by atoms with Crippen LogP contribution in [-0.4, -0.2) is 48.2 Å². The number of aliphatic hydroxyl groups excluding tert-OH is 3. The zero-order chi connectivity index (χ0) is 17.6. The second kappa shape index (κ2) is 6.08. The number of ether oxygens (including phenoxy) is 1. The normalized spacial score (nSPS) is 27.6. The summed E-state index contributed by atoms with van der Waals surface area (Å²) in [5.41, 5.74) is 6.91. The number of benzene rings is 1. The standard InChI is InChI=1S/C17H18N4O4/c18-15-10-6-7-21(16(10)20-8-19-15)17-13(24)12(23)14(25-17)11(22)9-4-2-1-3-5-9/h1-8,11-14,17,22-24H,(H2,18,19,20). The Labute approximate surface area is 143 Å². The molecule has 5 unspecified atom stereocenters. The first-order valence-electron chi connectivity index (χ1n) is 7.89. The minimum atomic E-state index is -1.25. The Morgan fingerprint density at radius 2 is 1.84 bits per heavy atom. The van der Waals surface area contributed by atoms with Crippen molar-refractivity contribution < 1.29 is 20.1 Å². The van der Waals surface area contributed by atoms with Crippen LogP contribution in [0.5, 0.6) is 0 Å². The van der Waals surface area contributed by atoms with Gasteiger partial charge in [-0.2, -0.15) is 0 Å². The number of hydrogen-bond donors (Lipinski definition) is 4. The van der Waals surface area contributed by atoms with E-state index < -0.39 is 30.6 Å². The van der Waals surface area contributed by atoms with Gasteiger partial charge >= 0.3 is 0 Å². The van der Waals surface area contributed by atoms with E-state index in [1.54, 1.807) is 41.1 Å². The van der Waals surface area contributed by atoms with E-state index in [0.29, 0.717) is 22.4 Å². The third-order valence-corrected chi connectivity index (χ3v) is 4.54. The van der Waals surface area contributed by atoms with Gasteiger partial charge in [0, 0.05) is 6.20 Å². The van der Waals surface area contributed by atoms with Gasteiger partial charge in [0.05, 0.1) is 5.39 Å². The fourth-order valence-electron chi connectivity index (χ4n) is 3.21. The van der Waals surface area contributed by atoms with Crippen molar-refractivity contribution in [3.8, 4) is 0 Å². The number of nitrogen functional groups attached to an aromatic ring is 1. The second-order valence-corrected chi connectivity index (χ2v) is 6.05. The average molecular weight is 342 g/mol. The molecule has 5 atom stereocenters. The maximum absolute atomic E-state index is 10.5. The maximum atomic E-state index is 10.5. The van der Waals surface area contributed by atoms with Gasteiger partial charge in [-0.25, -0.2) is 9.97 Å². The smallest absolute Gasteiger partial charge is 0.164 e. The van der Waals surface area contributed by atoms with E-state index in [9.17, 15) is 15.3 Å². The molecule has 1 aliphatic rings. The molecule has 8 heteroatoms. The number of nitrogens with zero attached hydrogens (tertiary/aromatic N) is 3. The maximum Gasteiger partial charge on any atom is 0.164 e. The van der Waals surface area contributed by atoms with Gasteiger partial charge in [-0.1, -0.05) is 30.3 Å². The predicted molar refractivity (Wildman–Crippen MR) is 89.3 cm³/mol. The van der Waals surface area contributed by atoms with Gasteiger partial charge in [-0.3, -0.25) is 0 Å². The molecule has 0 amide bonds. The van der Waals surface area contributed by atoms with Gasteiger partial charge < -0.3 is 30.4 Å². The van der Waals surface area contributed by atoms with E-state index in [1.807, 2.05) is 6.07 Å². The topological polar surface area (TPSA) is 127 Å². The number of anilines is 1. The number of nitrogens with two attached hydrogens (primary N) is 1. The van der Waals surface area contributed by atoms with Crippen molar-refractivity contribution >= 4 is 16.9 Å². The van der Waals surface area contributed by atoms with Crippen molar-refractivity contribution in [2.75, 3.05) is 5.73 Å². The third-order valence-electron chi connectivity index (χ3n) is 4.54. The molecule has 25 heavy (non-hydrogen) atoms. The first kappa shape index (κ1) is 16.0. The lowest BCUT2D eigenvalue weighted by Gasteiger charge is -2.21. The molecule has 2 aromatic heterocycles. The summed E-state index contributed by atoms with van der Waals surface area (Å²) >= 11 is 0. The zero-order valence-electron chi connectivity index (χ0n) is 13.2. The summed E-state index contributed by atoms with van der Waals surface area (Å²) in [6, 6.07) is 10.6. The van der Waals surface area contributed by atoms with Crippen LogP contribution in [0.15, 0.2) is 48.9 Å². The second-order valence-electron chi connectivity index (χ2n) is 6.05. The van der Waals surface area contributed by atoms with Crippen molar-refractivity contribution in [1.29, 1.82) is 0 Å². The van der Waals surface area contributed by atoms with Crippen molar-refractivity contribution in [1.82, 2.24) is 14.5 Å².